The van der Waals surface area contributed by atoms with Crippen molar-refractivity contribution in [3.63, 3.8) is 0 Å². The van der Waals surface area contributed by atoms with Crippen LogP contribution in [-0.4, -0.2) is 43.0 Å². The molecule has 0 saturated carbocycles. The second kappa shape index (κ2) is 11.1. The van der Waals surface area contributed by atoms with Gasteiger partial charge in [-0.3, -0.25) is 14.5 Å². The van der Waals surface area contributed by atoms with E-state index in [0.717, 1.165) is 56.5 Å². The first-order chi connectivity index (χ1) is 16.7. The van der Waals surface area contributed by atoms with E-state index in [0.29, 0.717) is 35.3 Å². The average molecular weight is 498 g/mol. The van der Waals surface area contributed by atoms with Gasteiger partial charge in [-0.25, -0.2) is 0 Å². The number of nitrogens with one attached hydrogen (secondary N) is 2. The number of anilines is 2. The van der Waals surface area contributed by atoms with E-state index in [4.69, 9.17) is 4.74 Å². The summed E-state index contributed by atoms with van der Waals surface area (Å²) in [5.41, 5.74) is 2.67. The lowest BCUT2D eigenvalue weighted by Crippen LogP contribution is -2.37. The van der Waals surface area contributed by atoms with E-state index in [1.54, 1.807) is 11.3 Å². The second-order valence-corrected chi connectivity index (χ2v) is 11.9. The van der Waals surface area contributed by atoms with Crippen molar-refractivity contribution in [3.8, 4) is 5.75 Å². The van der Waals surface area contributed by atoms with E-state index in [-0.39, 0.29) is 17.2 Å². The third-order valence-corrected chi connectivity index (χ3v) is 8.38. The van der Waals surface area contributed by atoms with E-state index in [9.17, 15) is 9.59 Å². The van der Waals surface area contributed by atoms with Gasteiger partial charge in [0.1, 0.15) is 10.8 Å². The number of fused-ring (bicyclic) bond motifs is 1. The summed E-state index contributed by atoms with van der Waals surface area (Å²) >= 11 is 1.59. The molecule has 1 aliphatic heterocycles. The van der Waals surface area contributed by atoms with Crippen molar-refractivity contribution in [2.24, 2.45) is 11.3 Å². The second-order valence-electron chi connectivity index (χ2n) is 10.8. The molecule has 0 radical (unpaired) electrons. The summed E-state index contributed by atoms with van der Waals surface area (Å²) in [5, 5.41) is 6.86. The van der Waals surface area contributed by atoms with Crippen molar-refractivity contribution >= 4 is 33.8 Å². The average Bonchev–Trinajstić information content (AvgIpc) is 3.17. The molecular formula is C28H39N3O3S. The van der Waals surface area contributed by atoms with Crippen LogP contribution >= 0.6 is 11.3 Å². The topological polar surface area (TPSA) is 70.7 Å². The fourth-order valence-corrected chi connectivity index (χ4v) is 6.48. The zero-order valence-corrected chi connectivity index (χ0v) is 22.4. The number of hydrogen-bond acceptors (Lipinski definition) is 5. The standard InChI is InChI=1S/C28H39N3O3S/c1-5-34-21-12-10-20(11-13-21)29-26(33)25-22-14-9-19(28(2,3)4)17-23(22)35-27(25)30-24(32)18-31-15-7-6-8-16-31/h10-13,19H,5-9,14-18H2,1-4H3,(H,29,33)(H,30,32)/t19-/m1/s1. The molecule has 1 fully saturated rings. The van der Waals surface area contributed by atoms with Crippen LogP contribution in [0.15, 0.2) is 24.3 Å². The van der Waals surface area contributed by atoms with Gasteiger partial charge in [0.2, 0.25) is 5.91 Å². The summed E-state index contributed by atoms with van der Waals surface area (Å²) in [5.74, 6) is 1.15. The molecule has 35 heavy (non-hydrogen) atoms. The van der Waals surface area contributed by atoms with Crippen LogP contribution in [0.3, 0.4) is 0 Å². The van der Waals surface area contributed by atoms with E-state index in [2.05, 4.69) is 36.3 Å². The summed E-state index contributed by atoms with van der Waals surface area (Å²) in [7, 11) is 0. The lowest BCUT2D eigenvalue weighted by Gasteiger charge is -2.33. The SMILES string of the molecule is CCOc1ccc(NC(=O)c2c(NC(=O)CN3CCCCC3)sc3c2CC[C@@H](C(C)(C)C)C3)cc1. The van der Waals surface area contributed by atoms with Crippen LogP contribution in [0.4, 0.5) is 10.7 Å². The molecule has 1 aliphatic carbocycles. The normalized spacial score (nSPS) is 18.6. The molecule has 1 aromatic heterocycles. The van der Waals surface area contributed by atoms with Crippen LogP contribution in [0.1, 0.15) is 74.2 Å². The number of amides is 2. The Balaban J connectivity index is 1.56. The van der Waals surface area contributed by atoms with E-state index >= 15 is 0 Å². The first-order valence-electron chi connectivity index (χ1n) is 13.0. The van der Waals surface area contributed by atoms with Crippen molar-refractivity contribution < 1.29 is 14.3 Å². The molecule has 2 N–H and O–H groups in total. The molecule has 1 saturated heterocycles. The van der Waals surface area contributed by atoms with Gasteiger partial charge in [-0.15, -0.1) is 11.3 Å². The molecule has 190 valence electrons. The lowest BCUT2D eigenvalue weighted by molar-refractivity contribution is -0.117. The predicted molar refractivity (Wildman–Crippen MR) is 144 cm³/mol. The van der Waals surface area contributed by atoms with Crippen LogP contribution in [0.2, 0.25) is 0 Å². The molecule has 1 aromatic carbocycles. The number of piperidine rings is 1. The highest BCUT2D eigenvalue weighted by atomic mass is 32.1. The molecule has 2 aromatic rings. The molecule has 2 amide bonds. The van der Waals surface area contributed by atoms with Gasteiger partial charge < -0.3 is 15.4 Å². The number of nitrogens with zero attached hydrogens (tertiary/aromatic N) is 1. The monoisotopic (exact) mass is 497 g/mol. The zero-order chi connectivity index (χ0) is 25.0. The number of benzene rings is 1. The van der Waals surface area contributed by atoms with Crippen LogP contribution < -0.4 is 15.4 Å². The number of ether oxygens (including phenoxy) is 1. The number of hydrogen-bond donors (Lipinski definition) is 2. The molecule has 0 spiro atoms. The Morgan fingerprint density at radius 1 is 1.09 bits per heavy atom. The van der Waals surface area contributed by atoms with Crippen molar-refractivity contribution in [1.82, 2.24) is 4.90 Å². The van der Waals surface area contributed by atoms with Crippen LogP contribution in [0, 0.1) is 11.3 Å². The Labute approximate surface area is 213 Å². The minimum absolute atomic E-state index is 0.0343. The van der Waals surface area contributed by atoms with Gasteiger partial charge in [0.15, 0.2) is 0 Å². The van der Waals surface area contributed by atoms with Crippen LogP contribution in [-0.2, 0) is 17.6 Å². The summed E-state index contributed by atoms with van der Waals surface area (Å²) in [6, 6.07) is 7.42. The largest absolute Gasteiger partial charge is 0.494 e. The lowest BCUT2D eigenvalue weighted by atomic mass is 9.72. The fraction of sp³-hybridized carbons (Fsp3) is 0.571. The number of thiophene rings is 1. The van der Waals surface area contributed by atoms with Gasteiger partial charge in [-0.2, -0.15) is 0 Å². The first kappa shape index (κ1) is 25.7. The van der Waals surface area contributed by atoms with E-state index in [1.165, 1.54) is 11.3 Å². The summed E-state index contributed by atoms with van der Waals surface area (Å²) in [6.07, 6.45) is 6.39. The van der Waals surface area contributed by atoms with Crippen molar-refractivity contribution in [3.05, 3.63) is 40.3 Å². The first-order valence-corrected chi connectivity index (χ1v) is 13.8. The Morgan fingerprint density at radius 3 is 2.46 bits per heavy atom. The Morgan fingerprint density at radius 2 is 1.80 bits per heavy atom. The Hall–Kier alpha value is -2.38. The number of likely N-dealkylation sites (tertiary alicyclic amines) is 1. The van der Waals surface area contributed by atoms with Gasteiger partial charge in [-0.1, -0.05) is 27.2 Å². The van der Waals surface area contributed by atoms with Gasteiger partial charge in [-0.05, 0) is 93.3 Å². The van der Waals surface area contributed by atoms with E-state index in [1.807, 2.05) is 31.2 Å². The highest BCUT2D eigenvalue weighted by molar-refractivity contribution is 7.17. The van der Waals surface area contributed by atoms with Crippen molar-refractivity contribution in [2.45, 2.75) is 66.2 Å². The van der Waals surface area contributed by atoms with Crippen molar-refractivity contribution in [1.29, 1.82) is 0 Å². The third-order valence-electron chi connectivity index (χ3n) is 7.21. The fourth-order valence-electron chi connectivity index (χ4n) is 5.13. The van der Waals surface area contributed by atoms with Gasteiger partial charge in [0.25, 0.3) is 5.91 Å². The summed E-state index contributed by atoms with van der Waals surface area (Å²) < 4.78 is 5.51. The maximum Gasteiger partial charge on any atom is 0.258 e. The molecule has 0 bridgehead atoms. The molecule has 0 unspecified atom stereocenters. The number of rotatable bonds is 7. The quantitative estimate of drug-likeness (QED) is 0.494. The molecule has 7 heteroatoms. The maximum absolute atomic E-state index is 13.5. The maximum atomic E-state index is 13.5. The van der Waals surface area contributed by atoms with Gasteiger partial charge in [0.05, 0.1) is 18.7 Å². The minimum atomic E-state index is -0.158. The Bertz CT molecular complexity index is 1030. The highest BCUT2D eigenvalue weighted by Gasteiger charge is 2.34. The predicted octanol–water partition coefficient (Wildman–Crippen LogP) is 5.97. The molecule has 2 heterocycles. The highest BCUT2D eigenvalue weighted by Crippen LogP contribution is 2.44. The molecular weight excluding hydrogens is 458 g/mol. The van der Waals surface area contributed by atoms with Crippen LogP contribution in [0.25, 0.3) is 0 Å². The third kappa shape index (κ3) is 6.44. The van der Waals surface area contributed by atoms with Gasteiger partial charge in [0, 0.05) is 10.6 Å². The Kier molecular flexibility index (Phi) is 8.17. The smallest absolute Gasteiger partial charge is 0.258 e. The zero-order valence-electron chi connectivity index (χ0n) is 21.5. The summed E-state index contributed by atoms with van der Waals surface area (Å²) in [4.78, 5) is 29.9. The van der Waals surface area contributed by atoms with Crippen molar-refractivity contribution in [2.75, 3.05) is 36.9 Å². The van der Waals surface area contributed by atoms with Crippen LogP contribution in [0.5, 0.6) is 5.75 Å². The number of carbonyl (C=O) groups excluding carboxylic acids is 2. The number of carbonyl (C=O) groups is 2. The summed E-state index contributed by atoms with van der Waals surface area (Å²) in [6.45, 7) is 11.7. The van der Waals surface area contributed by atoms with Gasteiger partial charge >= 0.3 is 0 Å². The molecule has 6 nitrogen and oxygen atoms in total. The van der Waals surface area contributed by atoms with E-state index < -0.39 is 0 Å². The molecule has 4 rings (SSSR count). The molecule has 1 atom stereocenters. The minimum Gasteiger partial charge on any atom is -0.494 e. The molecule has 2 aliphatic rings.